The van der Waals surface area contributed by atoms with Gasteiger partial charge in [0.1, 0.15) is 11.8 Å². The normalized spacial score (nSPS) is 11.6. The summed E-state index contributed by atoms with van der Waals surface area (Å²) in [7, 11) is 1.59. The van der Waals surface area contributed by atoms with Crippen LogP contribution >= 0.6 is 15.9 Å². The lowest BCUT2D eigenvalue weighted by Gasteiger charge is -2.31. The minimum Gasteiger partial charge on any atom is -0.483 e. The Morgan fingerprint density at radius 2 is 1.58 bits per heavy atom. The fraction of sp³-hybridized carbons (Fsp3) is 0.200. The van der Waals surface area contributed by atoms with Crippen molar-refractivity contribution in [2.45, 2.75) is 25.9 Å². The summed E-state index contributed by atoms with van der Waals surface area (Å²) in [4.78, 5) is 28.3. The Morgan fingerprint density at radius 1 is 0.889 bits per heavy atom. The topological polar surface area (TPSA) is 58.6 Å². The van der Waals surface area contributed by atoms with Crippen LogP contribution in [0, 0.1) is 6.92 Å². The zero-order chi connectivity index (χ0) is 25.5. The molecule has 0 aliphatic heterocycles. The number of nitrogens with one attached hydrogen (secondary N) is 1. The summed E-state index contributed by atoms with van der Waals surface area (Å²) in [6.45, 7) is 2.13. The molecule has 5 nitrogen and oxygen atoms in total. The van der Waals surface area contributed by atoms with Gasteiger partial charge in [-0.25, -0.2) is 0 Å². The van der Waals surface area contributed by atoms with Crippen molar-refractivity contribution in [1.29, 1.82) is 0 Å². The first kappa shape index (κ1) is 25.5. The molecular weight excluding hydrogens is 516 g/mol. The number of halogens is 1. The molecule has 0 spiro atoms. The number of carbonyl (C=O) groups excluding carboxylic acids is 2. The highest BCUT2D eigenvalue weighted by atomic mass is 79.9. The Bertz CT molecular complexity index is 1340. The van der Waals surface area contributed by atoms with Gasteiger partial charge in [0.05, 0.1) is 4.47 Å². The molecule has 0 radical (unpaired) electrons. The van der Waals surface area contributed by atoms with Crippen LogP contribution in [0.5, 0.6) is 5.75 Å². The van der Waals surface area contributed by atoms with Gasteiger partial charge in [0, 0.05) is 20.0 Å². The number of hydrogen-bond acceptors (Lipinski definition) is 3. The fourth-order valence-electron chi connectivity index (χ4n) is 4.16. The first-order chi connectivity index (χ1) is 17.5. The van der Waals surface area contributed by atoms with Crippen molar-refractivity contribution in [3.8, 4) is 5.75 Å². The molecule has 0 bridgehead atoms. The number of fused-ring (bicyclic) bond motifs is 1. The number of hydrogen-bond donors (Lipinski definition) is 1. The molecule has 0 saturated carbocycles. The predicted octanol–water partition coefficient (Wildman–Crippen LogP) is 5.68. The lowest BCUT2D eigenvalue weighted by atomic mass is 10.0. The van der Waals surface area contributed by atoms with Gasteiger partial charge in [0.2, 0.25) is 5.91 Å². The van der Waals surface area contributed by atoms with Crippen LogP contribution in [0.2, 0.25) is 0 Å². The number of aryl methyl sites for hydroxylation is 1. The van der Waals surface area contributed by atoms with E-state index in [4.69, 9.17) is 4.74 Å². The van der Waals surface area contributed by atoms with Crippen molar-refractivity contribution in [2.24, 2.45) is 0 Å². The number of ether oxygens (including phenoxy) is 1. The van der Waals surface area contributed by atoms with E-state index in [9.17, 15) is 9.59 Å². The van der Waals surface area contributed by atoms with Crippen molar-refractivity contribution >= 4 is 38.5 Å². The van der Waals surface area contributed by atoms with Crippen molar-refractivity contribution in [3.63, 3.8) is 0 Å². The summed E-state index contributed by atoms with van der Waals surface area (Å²) in [5, 5.41) is 4.82. The minimum absolute atomic E-state index is 0.189. The van der Waals surface area contributed by atoms with E-state index in [-0.39, 0.29) is 18.4 Å². The molecule has 4 rings (SSSR count). The number of rotatable bonds is 9. The molecule has 0 aliphatic rings. The van der Waals surface area contributed by atoms with Gasteiger partial charge in [-0.15, -0.1) is 0 Å². The molecule has 0 unspecified atom stereocenters. The number of likely N-dealkylation sites (N-methyl/N-ethyl adjacent to an activating group) is 1. The third kappa shape index (κ3) is 6.13. The van der Waals surface area contributed by atoms with E-state index in [1.165, 1.54) is 0 Å². The number of benzene rings is 4. The van der Waals surface area contributed by atoms with E-state index < -0.39 is 6.04 Å². The third-order valence-corrected chi connectivity index (χ3v) is 6.99. The van der Waals surface area contributed by atoms with E-state index in [1.54, 1.807) is 11.9 Å². The zero-order valence-electron chi connectivity index (χ0n) is 20.4. The molecule has 0 fully saturated rings. The first-order valence-electron chi connectivity index (χ1n) is 11.9. The second-order valence-corrected chi connectivity index (χ2v) is 9.51. The highest BCUT2D eigenvalue weighted by Crippen LogP contribution is 2.33. The molecule has 184 valence electrons. The SMILES string of the molecule is CNC(=O)[C@@H](Cc1ccccc1)N(Cc1ccc(C)cc1)C(=O)COc1ccc2ccccc2c1Br. The molecule has 1 atom stereocenters. The standard InChI is InChI=1S/C30H29BrN2O3/c1-21-12-14-23(15-13-21)19-33(26(30(35)32-2)18-22-8-4-3-5-9-22)28(34)20-36-27-17-16-24-10-6-7-11-25(24)29(27)31/h3-17,26H,18-20H2,1-2H3,(H,32,35)/t26-/m1/s1. The van der Waals surface area contributed by atoms with Crippen LogP contribution in [0.1, 0.15) is 16.7 Å². The van der Waals surface area contributed by atoms with Gasteiger partial charge in [-0.05, 0) is 50.8 Å². The van der Waals surface area contributed by atoms with E-state index in [2.05, 4.69) is 21.2 Å². The van der Waals surface area contributed by atoms with Gasteiger partial charge in [-0.3, -0.25) is 9.59 Å². The molecule has 0 aromatic heterocycles. The number of amides is 2. The Morgan fingerprint density at radius 3 is 2.31 bits per heavy atom. The summed E-state index contributed by atoms with van der Waals surface area (Å²) in [5.74, 6) is 0.100. The van der Waals surface area contributed by atoms with Crippen molar-refractivity contribution in [1.82, 2.24) is 10.2 Å². The van der Waals surface area contributed by atoms with Gasteiger partial charge < -0.3 is 15.0 Å². The number of carbonyl (C=O) groups is 2. The maximum Gasteiger partial charge on any atom is 0.261 e. The lowest BCUT2D eigenvalue weighted by Crippen LogP contribution is -2.51. The average molecular weight is 545 g/mol. The minimum atomic E-state index is -0.685. The quantitative estimate of drug-likeness (QED) is 0.295. The first-order valence-corrected chi connectivity index (χ1v) is 12.7. The Kier molecular flexibility index (Phi) is 8.39. The Balaban J connectivity index is 1.61. The maximum atomic E-state index is 13.6. The molecule has 36 heavy (non-hydrogen) atoms. The molecule has 4 aromatic carbocycles. The molecule has 0 aliphatic carbocycles. The molecule has 4 aromatic rings. The zero-order valence-corrected chi connectivity index (χ0v) is 22.0. The molecule has 1 N–H and O–H groups in total. The lowest BCUT2D eigenvalue weighted by molar-refractivity contribution is -0.142. The van der Waals surface area contributed by atoms with Crippen molar-refractivity contribution in [3.05, 3.63) is 112 Å². The summed E-state index contributed by atoms with van der Waals surface area (Å²) in [6.07, 6.45) is 0.401. The van der Waals surface area contributed by atoms with Gasteiger partial charge in [-0.2, -0.15) is 0 Å². The third-order valence-electron chi connectivity index (χ3n) is 6.17. The summed E-state index contributed by atoms with van der Waals surface area (Å²) < 4.78 is 6.79. The predicted molar refractivity (Wildman–Crippen MR) is 147 cm³/mol. The summed E-state index contributed by atoms with van der Waals surface area (Å²) in [5.41, 5.74) is 3.06. The van der Waals surface area contributed by atoms with E-state index in [0.717, 1.165) is 31.9 Å². The summed E-state index contributed by atoms with van der Waals surface area (Å²) in [6, 6.07) is 28.8. The smallest absolute Gasteiger partial charge is 0.261 e. The van der Waals surface area contributed by atoms with Gasteiger partial charge in [0.25, 0.3) is 5.91 Å². The molecule has 6 heteroatoms. The largest absolute Gasteiger partial charge is 0.483 e. The molecule has 2 amide bonds. The van der Waals surface area contributed by atoms with Crippen LogP contribution in [0.15, 0.2) is 95.5 Å². The average Bonchev–Trinajstić information content (AvgIpc) is 2.91. The Labute approximate surface area is 220 Å². The molecular formula is C30H29BrN2O3. The fourth-order valence-corrected chi connectivity index (χ4v) is 4.77. The maximum absolute atomic E-state index is 13.6. The monoisotopic (exact) mass is 544 g/mol. The van der Waals surface area contributed by atoms with Gasteiger partial charge in [0.15, 0.2) is 6.61 Å². The van der Waals surface area contributed by atoms with Crippen LogP contribution in [-0.2, 0) is 22.6 Å². The Hall–Kier alpha value is -3.64. The van der Waals surface area contributed by atoms with Crippen LogP contribution in [0.25, 0.3) is 10.8 Å². The van der Waals surface area contributed by atoms with E-state index in [0.29, 0.717) is 18.7 Å². The second-order valence-electron chi connectivity index (χ2n) is 8.71. The number of nitrogens with zero attached hydrogens (tertiary/aromatic N) is 1. The van der Waals surface area contributed by atoms with Crippen LogP contribution in [0.3, 0.4) is 0 Å². The van der Waals surface area contributed by atoms with Gasteiger partial charge >= 0.3 is 0 Å². The second kappa shape index (κ2) is 11.9. The van der Waals surface area contributed by atoms with Gasteiger partial charge in [-0.1, -0.05) is 90.5 Å². The van der Waals surface area contributed by atoms with Crippen molar-refractivity contribution < 1.29 is 14.3 Å². The van der Waals surface area contributed by atoms with Crippen LogP contribution in [0.4, 0.5) is 0 Å². The molecule has 0 heterocycles. The van der Waals surface area contributed by atoms with E-state index in [1.807, 2.05) is 97.9 Å². The summed E-state index contributed by atoms with van der Waals surface area (Å²) >= 11 is 3.62. The van der Waals surface area contributed by atoms with Crippen LogP contribution < -0.4 is 10.1 Å². The molecule has 0 saturated heterocycles. The van der Waals surface area contributed by atoms with E-state index >= 15 is 0 Å². The van der Waals surface area contributed by atoms with Crippen molar-refractivity contribution in [2.75, 3.05) is 13.7 Å². The highest BCUT2D eigenvalue weighted by molar-refractivity contribution is 9.10. The van der Waals surface area contributed by atoms with Crippen LogP contribution in [-0.4, -0.2) is 36.4 Å². The highest BCUT2D eigenvalue weighted by Gasteiger charge is 2.30.